The van der Waals surface area contributed by atoms with Crippen LogP contribution in [0, 0.1) is 50.7 Å². The van der Waals surface area contributed by atoms with E-state index in [9.17, 15) is 15.0 Å². The molecule has 4 saturated carbocycles. The number of ether oxygens (including phenoxy) is 4. The van der Waals surface area contributed by atoms with E-state index in [1.54, 1.807) is 14.0 Å². The van der Waals surface area contributed by atoms with Gasteiger partial charge in [-0.15, -0.1) is 0 Å². The van der Waals surface area contributed by atoms with Crippen molar-refractivity contribution in [1.82, 2.24) is 0 Å². The first kappa shape index (κ1) is 32.4. The molecule has 7 aliphatic rings. The topological polar surface area (TPSA) is 94.5 Å². The Morgan fingerprint density at radius 2 is 1.79 bits per heavy atom. The van der Waals surface area contributed by atoms with Crippen LogP contribution in [0.5, 0.6) is 0 Å². The van der Waals surface area contributed by atoms with E-state index in [4.69, 9.17) is 18.9 Å². The molecule has 2 heterocycles. The number of carbonyl (C=O) groups is 1. The highest BCUT2D eigenvalue weighted by molar-refractivity contribution is 5.73. The normalized spacial score (nSPS) is 51.8. The average Bonchev–Trinajstić information content (AvgIpc) is 3.49. The average molecular weight is 649 g/mol. The summed E-state index contributed by atoms with van der Waals surface area (Å²) in [6, 6.07) is 10.6. The second-order valence-electron chi connectivity index (χ2n) is 17.9. The van der Waals surface area contributed by atoms with E-state index in [-0.39, 0.29) is 57.6 Å². The molecule has 47 heavy (non-hydrogen) atoms. The number of aliphatic hydroxyl groups is 2. The predicted molar refractivity (Wildman–Crippen MR) is 177 cm³/mol. The van der Waals surface area contributed by atoms with Gasteiger partial charge in [-0.25, -0.2) is 0 Å². The van der Waals surface area contributed by atoms with Gasteiger partial charge in [-0.2, -0.15) is 0 Å². The number of hydrogen-bond acceptors (Lipinski definition) is 7. The van der Waals surface area contributed by atoms with Crippen LogP contribution in [-0.4, -0.2) is 61.1 Å². The van der Waals surface area contributed by atoms with Crippen molar-refractivity contribution in [2.75, 3.05) is 27.4 Å². The van der Waals surface area contributed by atoms with Gasteiger partial charge in [0.2, 0.25) is 0 Å². The number of benzene rings is 1. The molecule has 0 spiro atoms. The molecular formula is C40H56O7. The molecule has 0 aromatic heterocycles. The third-order valence-corrected chi connectivity index (χ3v) is 16.1. The first-order valence-corrected chi connectivity index (χ1v) is 18.3. The molecule has 8 rings (SSSR count). The van der Waals surface area contributed by atoms with Gasteiger partial charge < -0.3 is 29.2 Å². The van der Waals surface area contributed by atoms with Crippen molar-refractivity contribution in [3.8, 4) is 0 Å². The zero-order valence-corrected chi connectivity index (χ0v) is 29.3. The Morgan fingerprint density at radius 1 is 1.02 bits per heavy atom. The summed E-state index contributed by atoms with van der Waals surface area (Å²) in [5.74, 6) is -0.687. The maximum atomic E-state index is 13.6. The van der Waals surface area contributed by atoms with Crippen LogP contribution in [0.15, 0.2) is 42.0 Å². The number of aliphatic hydroxyl groups excluding tert-OH is 1. The van der Waals surface area contributed by atoms with Gasteiger partial charge in [0.15, 0.2) is 5.79 Å². The third-order valence-electron chi connectivity index (χ3n) is 16.1. The Balaban J connectivity index is 1.09. The van der Waals surface area contributed by atoms with Gasteiger partial charge in [0.05, 0.1) is 44.1 Å². The lowest BCUT2D eigenvalue weighted by atomic mass is 9.37. The first-order chi connectivity index (χ1) is 22.2. The highest BCUT2D eigenvalue weighted by Crippen LogP contribution is 2.91. The van der Waals surface area contributed by atoms with Crippen LogP contribution in [0.3, 0.4) is 0 Å². The molecule has 7 nitrogen and oxygen atoms in total. The fourth-order valence-corrected chi connectivity index (χ4v) is 13.9. The Hall–Kier alpha value is -1.77. The molecule has 4 unspecified atom stereocenters. The van der Waals surface area contributed by atoms with E-state index in [0.717, 1.165) is 51.4 Å². The zero-order chi connectivity index (χ0) is 33.3. The van der Waals surface area contributed by atoms with E-state index < -0.39 is 17.5 Å². The van der Waals surface area contributed by atoms with Crippen molar-refractivity contribution >= 4 is 5.97 Å². The van der Waals surface area contributed by atoms with Gasteiger partial charge in [0.1, 0.15) is 0 Å². The molecule has 0 bridgehead atoms. The Bertz CT molecular complexity index is 1460. The van der Waals surface area contributed by atoms with E-state index in [1.165, 1.54) is 18.2 Å². The number of rotatable bonds is 6. The monoisotopic (exact) mass is 648 g/mol. The molecule has 258 valence electrons. The summed E-state index contributed by atoms with van der Waals surface area (Å²) in [4.78, 5) is 13.6. The van der Waals surface area contributed by atoms with E-state index in [1.807, 2.05) is 0 Å². The van der Waals surface area contributed by atoms with Gasteiger partial charge in [-0.3, -0.25) is 4.79 Å². The van der Waals surface area contributed by atoms with E-state index in [2.05, 4.69) is 57.2 Å². The van der Waals surface area contributed by atoms with Crippen molar-refractivity contribution in [1.29, 1.82) is 0 Å². The van der Waals surface area contributed by atoms with Crippen molar-refractivity contribution in [3.63, 3.8) is 0 Å². The van der Waals surface area contributed by atoms with Crippen molar-refractivity contribution in [2.45, 2.75) is 115 Å². The number of fused-ring (bicyclic) bond motifs is 5. The fourth-order valence-electron chi connectivity index (χ4n) is 13.9. The number of allylic oxidation sites excluding steroid dienone is 1. The SMILES string of the molecule is COC(=O)C(CC1(OC)CC(C)(O)CO1)C1CC[C@]23C[C@]12CC[C@@H]1[C@@]2(C)CC=C4C[C@@H](c5ccccc5)OC[C@]4(C)[C@@H]2C[C@@H](O)[C@]13C. The number of esters is 1. The summed E-state index contributed by atoms with van der Waals surface area (Å²) in [5.41, 5.74) is 1.57. The molecule has 1 aromatic rings. The lowest BCUT2D eigenvalue weighted by Gasteiger charge is -2.68. The van der Waals surface area contributed by atoms with Gasteiger partial charge in [-0.1, -0.05) is 62.8 Å². The maximum Gasteiger partial charge on any atom is 0.309 e. The van der Waals surface area contributed by atoms with Crippen molar-refractivity contribution in [2.24, 2.45) is 50.7 Å². The van der Waals surface area contributed by atoms with Crippen LogP contribution in [0.25, 0.3) is 0 Å². The molecule has 6 fully saturated rings. The standard InChI is InChI=1S/C40H56O7/c1-34(43)21-40(45-6,47-23-34)20-27(33(42)44-5)28-13-17-39-22-38(28,39)16-14-30-35(2)15-12-26-18-29(25-10-8-7-9-11-25)46-24-36(26,3)31(35)19-32(41)37(30,39)4/h7-12,27-32,41,43H,13-24H2,1-6H3/t27?,28?,29-,30+,31+,32+,34?,35+,36-,37-,38+,39+,40?/m0/s1. The Morgan fingerprint density at radius 3 is 2.47 bits per heavy atom. The summed E-state index contributed by atoms with van der Waals surface area (Å²) < 4.78 is 24.2. The Kier molecular flexibility index (Phi) is 7.16. The maximum absolute atomic E-state index is 13.6. The molecule has 0 radical (unpaired) electrons. The van der Waals surface area contributed by atoms with Crippen LogP contribution in [-0.2, 0) is 23.7 Å². The first-order valence-electron chi connectivity index (χ1n) is 18.3. The van der Waals surface area contributed by atoms with Crippen LogP contribution in [0.1, 0.15) is 104 Å². The summed E-state index contributed by atoms with van der Waals surface area (Å²) >= 11 is 0. The lowest BCUT2D eigenvalue weighted by molar-refractivity contribution is -0.227. The number of hydrogen-bond donors (Lipinski definition) is 2. The summed E-state index contributed by atoms with van der Waals surface area (Å²) in [5, 5.41) is 23.3. The van der Waals surface area contributed by atoms with Crippen LogP contribution >= 0.6 is 0 Å². The molecule has 2 aliphatic heterocycles. The van der Waals surface area contributed by atoms with Crippen molar-refractivity contribution < 1.29 is 34.0 Å². The smallest absolute Gasteiger partial charge is 0.309 e. The van der Waals surface area contributed by atoms with Crippen LogP contribution < -0.4 is 0 Å². The molecule has 7 heteroatoms. The quantitative estimate of drug-likeness (QED) is 0.260. The molecule has 0 amide bonds. The van der Waals surface area contributed by atoms with E-state index >= 15 is 0 Å². The minimum atomic E-state index is -1.01. The Labute approximate surface area is 280 Å². The highest BCUT2D eigenvalue weighted by atomic mass is 16.7. The number of carbonyl (C=O) groups excluding carboxylic acids is 1. The van der Waals surface area contributed by atoms with E-state index in [0.29, 0.717) is 31.3 Å². The minimum Gasteiger partial charge on any atom is -0.469 e. The second kappa shape index (κ2) is 10.4. The molecular weight excluding hydrogens is 592 g/mol. The van der Waals surface area contributed by atoms with Gasteiger partial charge >= 0.3 is 5.97 Å². The van der Waals surface area contributed by atoms with Crippen LogP contribution in [0.2, 0.25) is 0 Å². The fraction of sp³-hybridized carbons (Fsp3) is 0.775. The largest absolute Gasteiger partial charge is 0.469 e. The van der Waals surface area contributed by atoms with Crippen LogP contribution in [0.4, 0.5) is 0 Å². The number of methoxy groups -OCH3 is 2. The molecule has 1 aromatic carbocycles. The molecule has 5 aliphatic carbocycles. The summed E-state index contributed by atoms with van der Waals surface area (Å²) in [7, 11) is 3.11. The highest BCUT2D eigenvalue weighted by Gasteiger charge is 2.86. The molecule has 13 atom stereocenters. The van der Waals surface area contributed by atoms with Gasteiger partial charge in [0, 0.05) is 30.8 Å². The summed E-state index contributed by atoms with van der Waals surface area (Å²) in [6.07, 6.45) is 11.0. The zero-order valence-electron chi connectivity index (χ0n) is 29.3. The van der Waals surface area contributed by atoms with Gasteiger partial charge in [0.25, 0.3) is 0 Å². The molecule has 2 saturated heterocycles. The minimum absolute atomic E-state index is 0.00770. The molecule has 2 N–H and O–H groups in total. The van der Waals surface area contributed by atoms with Gasteiger partial charge in [-0.05, 0) is 97.9 Å². The van der Waals surface area contributed by atoms with Crippen molar-refractivity contribution in [3.05, 3.63) is 47.5 Å². The lowest BCUT2D eigenvalue weighted by Crippen LogP contribution is -2.65. The third kappa shape index (κ3) is 4.19. The predicted octanol–water partition coefficient (Wildman–Crippen LogP) is 6.77. The summed E-state index contributed by atoms with van der Waals surface area (Å²) in [6.45, 7) is 10.0. The second-order valence-corrected chi connectivity index (χ2v) is 17.9.